The molecule has 0 aliphatic carbocycles. The summed E-state index contributed by atoms with van der Waals surface area (Å²) in [4.78, 5) is 26.4. The molecule has 2 N–H and O–H groups in total. The molecule has 0 radical (unpaired) electrons. The standard InChI is InChI=1S/C12H21N3O3/c16-11(8-10-2-1-3-13-10)15-6-4-14(5-7-15)9-12(17)18/h10,13H,1-9H2,(H,17,18). The number of carbonyl (C=O) groups is 2. The molecule has 1 atom stereocenters. The predicted molar refractivity (Wildman–Crippen MR) is 66.3 cm³/mol. The quantitative estimate of drug-likeness (QED) is 0.699. The molecule has 6 nitrogen and oxygen atoms in total. The molecule has 2 aliphatic rings. The summed E-state index contributed by atoms with van der Waals surface area (Å²) >= 11 is 0. The lowest BCUT2D eigenvalue weighted by Crippen LogP contribution is -2.50. The highest BCUT2D eigenvalue weighted by atomic mass is 16.4. The lowest BCUT2D eigenvalue weighted by atomic mass is 10.1. The van der Waals surface area contributed by atoms with Crippen molar-refractivity contribution in [2.45, 2.75) is 25.3 Å². The molecule has 102 valence electrons. The maximum atomic E-state index is 12.0. The van der Waals surface area contributed by atoms with Crippen molar-refractivity contribution in [2.24, 2.45) is 0 Å². The number of nitrogens with zero attached hydrogens (tertiary/aromatic N) is 2. The molecule has 0 saturated carbocycles. The minimum absolute atomic E-state index is 0.0756. The van der Waals surface area contributed by atoms with E-state index in [1.807, 2.05) is 9.80 Å². The molecule has 1 unspecified atom stereocenters. The zero-order valence-electron chi connectivity index (χ0n) is 10.6. The Hall–Kier alpha value is -1.14. The number of carboxylic acids is 1. The summed E-state index contributed by atoms with van der Waals surface area (Å²) in [5.74, 6) is -0.602. The minimum Gasteiger partial charge on any atom is -0.480 e. The Labute approximate surface area is 107 Å². The molecule has 2 rings (SSSR count). The van der Waals surface area contributed by atoms with Crippen molar-refractivity contribution in [3.63, 3.8) is 0 Å². The normalized spacial score (nSPS) is 25.3. The number of carbonyl (C=O) groups excluding carboxylic acids is 1. The van der Waals surface area contributed by atoms with Crippen molar-refractivity contribution in [2.75, 3.05) is 39.3 Å². The van der Waals surface area contributed by atoms with Crippen molar-refractivity contribution in [3.05, 3.63) is 0 Å². The molecule has 0 bridgehead atoms. The molecular formula is C12H21N3O3. The highest BCUT2D eigenvalue weighted by Gasteiger charge is 2.25. The molecule has 2 heterocycles. The second kappa shape index (κ2) is 6.15. The summed E-state index contributed by atoms with van der Waals surface area (Å²) in [6, 6.07) is 0.342. The van der Waals surface area contributed by atoms with E-state index < -0.39 is 5.97 Å². The Bertz CT molecular complexity index is 308. The third-order valence-electron chi connectivity index (χ3n) is 3.67. The molecule has 0 aromatic heterocycles. The van der Waals surface area contributed by atoms with Gasteiger partial charge in [0.25, 0.3) is 0 Å². The number of hydrogen-bond acceptors (Lipinski definition) is 4. The lowest BCUT2D eigenvalue weighted by molar-refractivity contribution is -0.139. The fraction of sp³-hybridized carbons (Fsp3) is 0.833. The summed E-state index contributed by atoms with van der Waals surface area (Å²) in [7, 11) is 0. The van der Waals surface area contributed by atoms with Crippen molar-refractivity contribution in [3.8, 4) is 0 Å². The molecule has 0 spiro atoms. The number of rotatable bonds is 4. The summed E-state index contributed by atoms with van der Waals surface area (Å²) in [6.45, 7) is 3.72. The molecule has 2 saturated heterocycles. The minimum atomic E-state index is -0.801. The largest absolute Gasteiger partial charge is 0.480 e. The Kier molecular flexibility index (Phi) is 4.54. The average Bonchev–Trinajstić information content (AvgIpc) is 2.82. The van der Waals surface area contributed by atoms with Gasteiger partial charge in [0.05, 0.1) is 6.54 Å². The summed E-state index contributed by atoms with van der Waals surface area (Å²) in [6.07, 6.45) is 2.83. The van der Waals surface area contributed by atoms with Crippen molar-refractivity contribution < 1.29 is 14.7 Å². The van der Waals surface area contributed by atoms with E-state index in [9.17, 15) is 9.59 Å². The van der Waals surface area contributed by atoms with E-state index in [2.05, 4.69) is 5.32 Å². The molecular weight excluding hydrogens is 234 g/mol. The van der Waals surface area contributed by atoms with Crippen LogP contribution >= 0.6 is 0 Å². The van der Waals surface area contributed by atoms with Gasteiger partial charge in [-0.05, 0) is 19.4 Å². The van der Waals surface area contributed by atoms with Gasteiger partial charge in [0.2, 0.25) is 5.91 Å². The van der Waals surface area contributed by atoms with Crippen LogP contribution in [0.2, 0.25) is 0 Å². The van der Waals surface area contributed by atoms with Crippen LogP contribution in [-0.4, -0.2) is 72.1 Å². The number of carboxylic acid groups (broad SMARTS) is 1. The van der Waals surface area contributed by atoms with E-state index in [1.54, 1.807) is 0 Å². The summed E-state index contributed by atoms with van der Waals surface area (Å²) in [5, 5.41) is 12.0. The Balaban J connectivity index is 1.71. The summed E-state index contributed by atoms with van der Waals surface area (Å²) in [5.41, 5.74) is 0. The van der Waals surface area contributed by atoms with Crippen LogP contribution in [0, 0.1) is 0 Å². The van der Waals surface area contributed by atoms with Gasteiger partial charge in [-0.15, -0.1) is 0 Å². The van der Waals surface area contributed by atoms with E-state index in [-0.39, 0.29) is 12.5 Å². The van der Waals surface area contributed by atoms with Crippen LogP contribution in [0.1, 0.15) is 19.3 Å². The smallest absolute Gasteiger partial charge is 0.317 e. The zero-order valence-corrected chi connectivity index (χ0v) is 10.6. The molecule has 2 fully saturated rings. The van der Waals surface area contributed by atoms with Gasteiger partial charge in [-0.2, -0.15) is 0 Å². The van der Waals surface area contributed by atoms with Gasteiger partial charge in [-0.25, -0.2) is 0 Å². The number of nitrogens with one attached hydrogen (secondary N) is 1. The number of hydrogen-bond donors (Lipinski definition) is 2. The van der Waals surface area contributed by atoms with E-state index in [1.165, 1.54) is 0 Å². The second-order valence-electron chi connectivity index (χ2n) is 5.05. The Morgan fingerprint density at radius 3 is 2.50 bits per heavy atom. The first-order chi connectivity index (χ1) is 8.65. The van der Waals surface area contributed by atoms with Crippen LogP contribution in [0.15, 0.2) is 0 Å². The van der Waals surface area contributed by atoms with Gasteiger partial charge in [0.15, 0.2) is 0 Å². The SMILES string of the molecule is O=C(O)CN1CCN(C(=O)CC2CCCN2)CC1. The van der Waals surface area contributed by atoms with Crippen LogP contribution in [0.5, 0.6) is 0 Å². The number of piperazine rings is 1. The maximum absolute atomic E-state index is 12.0. The van der Waals surface area contributed by atoms with E-state index >= 15 is 0 Å². The highest BCUT2D eigenvalue weighted by molar-refractivity contribution is 5.77. The van der Waals surface area contributed by atoms with Gasteiger partial charge in [0, 0.05) is 38.6 Å². The van der Waals surface area contributed by atoms with Crippen LogP contribution in [0.3, 0.4) is 0 Å². The van der Waals surface area contributed by atoms with Gasteiger partial charge in [-0.3, -0.25) is 14.5 Å². The third-order valence-corrected chi connectivity index (χ3v) is 3.67. The molecule has 0 aromatic rings. The monoisotopic (exact) mass is 255 g/mol. The second-order valence-corrected chi connectivity index (χ2v) is 5.05. The van der Waals surface area contributed by atoms with E-state index in [4.69, 9.17) is 5.11 Å². The van der Waals surface area contributed by atoms with Gasteiger partial charge in [0.1, 0.15) is 0 Å². The van der Waals surface area contributed by atoms with Crippen LogP contribution in [0.25, 0.3) is 0 Å². The average molecular weight is 255 g/mol. The highest BCUT2D eigenvalue weighted by Crippen LogP contribution is 2.11. The van der Waals surface area contributed by atoms with Gasteiger partial charge in [-0.1, -0.05) is 0 Å². The van der Waals surface area contributed by atoms with Gasteiger partial charge < -0.3 is 15.3 Å². The Morgan fingerprint density at radius 1 is 1.22 bits per heavy atom. The molecule has 1 amide bonds. The first kappa shape index (κ1) is 13.3. The lowest BCUT2D eigenvalue weighted by Gasteiger charge is -2.34. The van der Waals surface area contributed by atoms with Crippen molar-refractivity contribution >= 4 is 11.9 Å². The van der Waals surface area contributed by atoms with Crippen molar-refractivity contribution in [1.82, 2.24) is 15.1 Å². The molecule has 6 heteroatoms. The fourth-order valence-corrected chi connectivity index (χ4v) is 2.62. The third kappa shape index (κ3) is 3.68. The topological polar surface area (TPSA) is 72.9 Å². The van der Waals surface area contributed by atoms with E-state index in [0.29, 0.717) is 38.6 Å². The van der Waals surface area contributed by atoms with Crippen LogP contribution < -0.4 is 5.32 Å². The van der Waals surface area contributed by atoms with Crippen LogP contribution in [-0.2, 0) is 9.59 Å². The van der Waals surface area contributed by atoms with E-state index in [0.717, 1.165) is 19.4 Å². The predicted octanol–water partition coefficient (Wildman–Crippen LogP) is -0.643. The summed E-state index contributed by atoms with van der Waals surface area (Å²) < 4.78 is 0. The van der Waals surface area contributed by atoms with Crippen molar-refractivity contribution in [1.29, 1.82) is 0 Å². The maximum Gasteiger partial charge on any atom is 0.317 e. The number of aliphatic carboxylic acids is 1. The first-order valence-corrected chi connectivity index (χ1v) is 6.60. The van der Waals surface area contributed by atoms with Crippen LogP contribution in [0.4, 0.5) is 0 Å². The Morgan fingerprint density at radius 2 is 1.94 bits per heavy atom. The molecule has 2 aliphatic heterocycles. The zero-order chi connectivity index (χ0) is 13.0. The van der Waals surface area contributed by atoms with Gasteiger partial charge >= 0.3 is 5.97 Å². The fourth-order valence-electron chi connectivity index (χ4n) is 2.62. The number of amides is 1. The molecule has 18 heavy (non-hydrogen) atoms. The first-order valence-electron chi connectivity index (χ1n) is 6.60. The molecule has 0 aromatic carbocycles.